The minimum absolute atomic E-state index is 0.766. The van der Waals surface area contributed by atoms with Crippen molar-refractivity contribution in [3.63, 3.8) is 0 Å². The van der Waals surface area contributed by atoms with Gasteiger partial charge in [0.05, 0.1) is 0 Å². The molecule has 1 heteroatoms. The monoisotopic (exact) mass is 197 g/mol. The predicted molar refractivity (Wildman–Crippen MR) is 63.4 cm³/mol. The zero-order chi connectivity index (χ0) is 10.6. The summed E-state index contributed by atoms with van der Waals surface area (Å²) < 4.78 is 0. The Morgan fingerprint density at radius 2 is 2.07 bits per heavy atom. The third-order valence-corrected chi connectivity index (χ3v) is 4.17. The maximum absolute atomic E-state index is 3.54. The molecule has 1 rings (SSSR count). The van der Waals surface area contributed by atoms with Crippen LogP contribution in [0.2, 0.25) is 0 Å². The van der Waals surface area contributed by atoms with Crippen LogP contribution < -0.4 is 5.32 Å². The summed E-state index contributed by atoms with van der Waals surface area (Å²) in [6.07, 6.45) is 7.03. The lowest BCUT2D eigenvalue weighted by molar-refractivity contribution is 0.266. The molecule has 0 spiro atoms. The van der Waals surface area contributed by atoms with Gasteiger partial charge in [0, 0.05) is 6.04 Å². The molecule has 0 amide bonds. The molecule has 4 unspecified atom stereocenters. The molecular weight excluding hydrogens is 170 g/mol. The Morgan fingerprint density at radius 3 is 2.50 bits per heavy atom. The van der Waals surface area contributed by atoms with E-state index in [1.807, 2.05) is 0 Å². The molecule has 1 saturated carbocycles. The third kappa shape index (κ3) is 2.98. The van der Waals surface area contributed by atoms with Gasteiger partial charge in [0.2, 0.25) is 0 Å². The molecule has 1 nitrogen and oxygen atoms in total. The fraction of sp³-hybridized carbons (Fsp3) is 1.00. The standard InChI is InChI=1S/C13H27N/c1-5-10(2)9-13(14-4)12-8-6-7-11(12)3/h10-14H,5-9H2,1-4H3. The normalized spacial score (nSPS) is 31.7. The molecule has 1 aliphatic rings. The lowest BCUT2D eigenvalue weighted by atomic mass is 9.84. The van der Waals surface area contributed by atoms with Crippen molar-refractivity contribution in [3.05, 3.63) is 0 Å². The Kier molecular flexibility index (Phi) is 4.94. The van der Waals surface area contributed by atoms with Crippen LogP contribution in [0.1, 0.15) is 52.9 Å². The van der Waals surface area contributed by atoms with Crippen LogP contribution in [-0.2, 0) is 0 Å². The minimum atomic E-state index is 0.766. The molecule has 0 aromatic carbocycles. The molecule has 0 heterocycles. The van der Waals surface area contributed by atoms with Crippen molar-refractivity contribution in [3.8, 4) is 0 Å². The Balaban J connectivity index is 2.44. The Bertz CT molecular complexity index is 155. The van der Waals surface area contributed by atoms with Crippen LogP contribution in [-0.4, -0.2) is 13.1 Å². The maximum Gasteiger partial charge on any atom is 0.00974 e. The predicted octanol–water partition coefficient (Wildman–Crippen LogP) is 3.45. The second-order valence-corrected chi connectivity index (χ2v) is 5.22. The van der Waals surface area contributed by atoms with Gasteiger partial charge in [0.25, 0.3) is 0 Å². The zero-order valence-electron chi connectivity index (χ0n) is 10.3. The van der Waals surface area contributed by atoms with E-state index in [-0.39, 0.29) is 0 Å². The highest BCUT2D eigenvalue weighted by atomic mass is 14.9. The van der Waals surface area contributed by atoms with E-state index >= 15 is 0 Å². The molecule has 0 saturated heterocycles. The summed E-state index contributed by atoms with van der Waals surface area (Å²) in [5.41, 5.74) is 0. The molecule has 14 heavy (non-hydrogen) atoms. The van der Waals surface area contributed by atoms with Crippen LogP contribution in [0.15, 0.2) is 0 Å². The van der Waals surface area contributed by atoms with Gasteiger partial charge in [-0.25, -0.2) is 0 Å². The molecule has 0 bridgehead atoms. The first-order chi connectivity index (χ1) is 6.69. The van der Waals surface area contributed by atoms with Crippen LogP contribution in [0.5, 0.6) is 0 Å². The summed E-state index contributed by atoms with van der Waals surface area (Å²) in [4.78, 5) is 0. The zero-order valence-corrected chi connectivity index (χ0v) is 10.3. The third-order valence-electron chi connectivity index (χ3n) is 4.17. The first-order valence-electron chi connectivity index (χ1n) is 6.36. The van der Waals surface area contributed by atoms with Crippen LogP contribution in [0.4, 0.5) is 0 Å². The van der Waals surface area contributed by atoms with Crippen molar-refractivity contribution < 1.29 is 0 Å². The van der Waals surface area contributed by atoms with E-state index in [0.29, 0.717) is 0 Å². The smallest absolute Gasteiger partial charge is 0.00974 e. The van der Waals surface area contributed by atoms with Gasteiger partial charge in [-0.15, -0.1) is 0 Å². The minimum Gasteiger partial charge on any atom is -0.317 e. The number of hydrogen-bond donors (Lipinski definition) is 1. The lowest BCUT2D eigenvalue weighted by Crippen LogP contribution is -2.36. The van der Waals surface area contributed by atoms with Crippen molar-refractivity contribution in [2.45, 2.75) is 58.9 Å². The van der Waals surface area contributed by atoms with Gasteiger partial charge >= 0.3 is 0 Å². The average Bonchev–Trinajstić information content (AvgIpc) is 2.60. The van der Waals surface area contributed by atoms with Gasteiger partial charge in [-0.05, 0) is 37.6 Å². The van der Waals surface area contributed by atoms with E-state index in [1.54, 1.807) is 0 Å². The summed E-state index contributed by atoms with van der Waals surface area (Å²) >= 11 is 0. The molecular formula is C13H27N. The number of nitrogens with one attached hydrogen (secondary N) is 1. The molecule has 0 aliphatic heterocycles. The first kappa shape index (κ1) is 12.0. The Hall–Kier alpha value is -0.0400. The van der Waals surface area contributed by atoms with Gasteiger partial charge in [-0.1, -0.05) is 40.0 Å². The molecule has 0 aromatic heterocycles. The van der Waals surface area contributed by atoms with Crippen molar-refractivity contribution >= 4 is 0 Å². The second kappa shape index (κ2) is 5.75. The lowest BCUT2D eigenvalue weighted by Gasteiger charge is -2.28. The van der Waals surface area contributed by atoms with Gasteiger partial charge in [-0.2, -0.15) is 0 Å². The van der Waals surface area contributed by atoms with Crippen molar-refractivity contribution in [1.82, 2.24) is 5.32 Å². The van der Waals surface area contributed by atoms with Crippen LogP contribution in [0.25, 0.3) is 0 Å². The Morgan fingerprint density at radius 1 is 1.36 bits per heavy atom. The second-order valence-electron chi connectivity index (χ2n) is 5.22. The summed E-state index contributed by atoms with van der Waals surface area (Å²) in [7, 11) is 2.14. The molecule has 0 aromatic rings. The average molecular weight is 197 g/mol. The number of hydrogen-bond acceptors (Lipinski definition) is 1. The molecule has 84 valence electrons. The van der Waals surface area contributed by atoms with E-state index in [0.717, 1.165) is 23.8 Å². The SMILES string of the molecule is CCC(C)CC(NC)C1CCCC1C. The summed E-state index contributed by atoms with van der Waals surface area (Å²) in [6, 6.07) is 0.766. The molecule has 4 atom stereocenters. The summed E-state index contributed by atoms with van der Waals surface area (Å²) in [5.74, 6) is 2.76. The number of rotatable bonds is 5. The molecule has 1 aliphatic carbocycles. The molecule has 1 N–H and O–H groups in total. The van der Waals surface area contributed by atoms with Crippen LogP contribution in [0, 0.1) is 17.8 Å². The Labute approximate surface area is 89.7 Å². The van der Waals surface area contributed by atoms with Gasteiger partial charge in [-0.3, -0.25) is 0 Å². The largest absolute Gasteiger partial charge is 0.317 e. The van der Waals surface area contributed by atoms with Crippen molar-refractivity contribution in [1.29, 1.82) is 0 Å². The highest BCUT2D eigenvalue weighted by Gasteiger charge is 2.30. The van der Waals surface area contributed by atoms with Gasteiger partial charge in [0.15, 0.2) is 0 Å². The maximum atomic E-state index is 3.54. The highest BCUT2D eigenvalue weighted by Crippen LogP contribution is 2.35. The van der Waals surface area contributed by atoms with E-state index in [1.165, 1.54) is 32.1 Å². The summed E-state index contributed by atoms with van der Waals surface area (Å²) in [5, 5.41) is 3.54. The van der Waals surface area contributed by atoms with Crippen molar-refractivity contribution in [2.75, 3.05) is 7.05 Å². The van der Waals surface area contributed by atoms with E-state index in [9.17, 15) is 0 Å². The topological polar surface area (TPSA) is 12.0 Å². The fourth-order valence-corrected chi connectivity index (χ4v) is 2.88. The first-order valence-corrected chi connectivity index (χ1v) is 6.36. The fourth-order valence-electron chi connectivity index (χ4n) is 2.88. The van der Waals surface area contributed by atoms with Crippen LogP contribution >= 0.6 is 0 Å². The summed E-state index contributed by atoms with van der Waals surface area (Å²) in [6.45, 7) is 7.11. The van der Waals surface area contributed by atoms with Crippen LogP contribution in [0.3, 0.4) is 0 Å². The highest BCUT2D eigenvalue weighted by molar-refractivity contribution is 4.84. The van der Waals surface area contributed by atoms with Crippen molar-refractivity contribution in [2.24, 2.45) is 17.8 Å². The molecule has 0 radical (unpaired) electrons. The van der Waals surface area contributed by atoms with E-state index in [4.69, 9.17) is 0 Å². The quantitative estimate of drug-likeness (QED) is 0.712. The molecule has 1 fully saturated rings. The van der Waals surface area contributed by atoms with E-state index in [2.05, 4.69) is 33.1 Å². The van der Waals surface area contributed by atoms with Gasteiger partial charge < -0.3 is 5.32 Å². The van der Waals surface area contributed by atoms with Gasteiger partial charge in [0.1, 0.15) is 0 Å². The van der Waals surface area contributed by atoms with E-state index < -0.39 is 0 Å².